The standard InChI is InChI=1S/C20H22FN5O/c1-3-26(4-2)19-10-5-14(12-22-19)13-23-20(27)18-11-17(24-25-18)15-6-8-16(21)9-7-15/h5-12H,3-4,13H2,1-2H3,(H,23,27)(H,24,25). The highest BCUT2D eigenvalue weighted by Crippen LogP contribution is 2.18. The van der Waals surface area contributed by atoms with Crippen molar-refractivity contribution in [2.24, 2.45) is 0 Å². The van der Waals surface area contributed by atoms with Crippen molar-refractivity contribution in [3.05, 3.63) is 65.7 Å². The zero-order valence-electron chi connectivity index (χ0n) is 15.4. The van der Waals surface area contributed by atoms with Gasteiger partial charge in [0.25, 0.3) is 5.91 Å². The van der Waals surface area contributed by atoms with Crippen LogP contribution in [0.15, 0.2) is 48.7 Å². The van der Waals surface area contributed by atoms with Crippen molar-refractivity contribution in [3.63, 3.8) is 0 Å². The van der Waals surface area contributed by atoms with Gasteiger partial charge in [-0.15, -0.1) is 0 Å². The molecule has 2 aromatic heterocycles. The minimum absolute atomic E-state index is 0.260. The molecule has 0 saturated heterocycles. The molecule has 3 aromatic rings. The molecule has 0 unspecified atom stereocenters. The molecule has 140 valence electrons. The van der Waals surface area contributed by atoms with Crippen molar-refractivity contribution < 1.29 is 9.18 Å². The van der Waals surface area contributed by atoms with E-state index in [0.29, 0.717) is 17.9 Å². The van der Waals surface area contributed by atoms with Crippen molar-refractivity contribution in [1.29, 1.82) is 0 Å². The Morgan fingerprint density at radius 3 is 2.52 bits per heavy atom. The minimum atomic E-state index is -0.312. The van der Waals surface area contributed by atoms with Gasteiger partial charge in [0.05, 0.1) is 5.69 Å². The molecule has 7 heteroatoms. The Morgan fingerprint density at radius 2 is 1.89 bits per heavy atom. The van der Waals surface area contributed by atoms with Gasteiger partial charge in [0, 0.05) is 31.4 Å². The summed E-state index contributed by atoms with van der Waals surface area (Å²) in [5.74, 6) is 0.351. The monoisotopic (exact) mass is 367 g/mol. The van der Waals surface area contributed by atoms with Crippen LogP contribution in [0.3, 0.4) is 0 Å². The summed E-state index contributed by atoms with van der Waals surface area (Å²) in [5, 5.41) is 9.67. The van der Waals surface area contributed by atoms with Crippen LogP contribution in [0, 0.1) is 5.82 Å². The summed E-state index contributed by atoms with van der Waals surface area (Å²) in [7, 11) is 0. The molecule has 0 aliphatic rings. The number of anilines is 1. The molecule has 6 nitrogen and oxygen atoms in total. The molecule has 0 saturated carbocycles. The third-order valence-corrected chi connectivity index (χ3v) is 4.31. The topological polar surface area (TPSA) is 73.9 Å². The number of amides is 1. The minimum Gasteiger partial charge on any atom is -0.357 e. The smallest absolute Gasteiger partial charge is 0.269 e. The van der Waals surface area contributed by atoms with Crippen molar-refractivity contribution in [3.8, 4) is 11.3 Å². The maximum absolute atomic E-state index is 13.0. The number of hydrogen-bond acceptors (Lipinski definition) is 4. The first-order valence-corrected chi connectivity index (χ1v) is 8.90. The van der Waals surface area contributed by atoms with E-state index in [4.69, 9.17) is 0 Å². The summed E-state index contributed by atoms with van der Waals surface area (Å²) in [6.07, 6.45) is 1.77. The van der Waals surface area contributed by atoms with E-state index in [1.54, 1.807) is 24.4 Å². The average molecular weight is 367 g/mol. The summed E-state index contributed by atoms with van der Waals surface area (Å²) < 4.78 is 13.0. The number of hydrogen-bond donors (Lipinski definition) is 2. The lowest BCUT2D eigenvalue weighted by atomic mass is 10.1. The van der Waals surface area contributed by atoms with E-state index in [9.17, 15) is 9.18 Å². The third-order valence-electron chi connectivity index (χ3n) is 4.31. The third kappa shape index (κ3) is 4.49. The van der Waals surface area contributed by atoms with E-state index < -0.39 is 0 Å². The van der Waals surface area contributed by atoms with Crippen LogP contribution in [-0.4, -0.2) is 34.2 Å². The first kappa shape index (κ1) is 18.6. The molecular weight excluding hydrogens is 345 g/mol. The molecule has 3 rings (SSSR count). The zero-order chi connectivity index (χ0) is 19.2. The zero-order valence-corrected chi connectivity index (χ0v) is 15.4. The molecule has 0 spiro atoms. The second-order valence-electron chi connectivity index (χ2n) is 6.05. The van der Waals surface area contributed by atoms with Crippen LogP contribution in [-0.2, 0) is 6.54 Å². The van der Waals surface area contributed by atoms with Gasteiger partial charge in [-0.3, -0.25) is 9.89 Å². The van der Waals surface area contributed by atoms with E-state index in [-0.39, 0.29) is 11.7 Å². The number of H-pyrrole nitrogens is 1. The number of carbonyl (C=O) groups excluding carboxylic acids is 1. The molecule has 1 aromatic carbocycles. The highest BCUT2D eigenvalue weighted by atomic mass is 19.1. The van der Waals surface area contributed by atoms with Gasteiger partial charge >= 0.3 is 0 Å². The lowest BCUT2D eigenvalue weighted by molar-refractivity contribution is 0.0946. The second-order valence-corrected chi connectivity index (χ2v) is 6.05. The molecule has 2 heterocycles. The normalized spacial score (nSPS) is 10.6. The Balaban J connectivity index is 1.60. The quantitative estimate of drug-likeness (QED) is 0.671. The van der Waals surface area contributed by atoms with Crippen LogP contribution in [0.4, 0.5) is 10.2 Å². The molecule has 27 heavy (non-hydrogen) atoms. The molecule has 0 bridgehead atoms. The molecule has 1 amide bonds. The lowest BCUT2D eigenvalue weighted by Gasteiger charge is -2.19. The van der Waals surface area contributed by atoms with Crippen LogP contribution in [0.5, 0.6) is 0 Å². The van der Waals surface area contributed by atoms with Crippen LogP contribution >= 0.6 is 0 Å². The Labute approximate surface area is 157 Å². The molecule has 0 fully saturated rings. The number of carbonyl (C=O) groups is 1. The SMILES string of the molecule is CCN(CC)c1ccc(CNC(=O)c2cc(-c3ccc(F)cc3)n[nH]2)cn1. The first-order valence-electron chi connectivity index (χ1n) is 8.90. The lowest BCUT2D eigenvalue weighted by Crippen LogP contribution is -2.24. The van der Waals surface area contributed by atoms with Gasteiger partial charge in [0.2, 0.25) is 0 Å². The fourth-order valence-corrected chi connectivity index (χ4v) is 2.74. The number of nitrogens with zero attached hydrogens (tertiary/aromatic N) is 3. The number of pyridine rings is 1. The van der Waals surface area contributed by atoms with E-state index in [0.717, 1.165) is 30.0 Å². The van der Waals surface area contributed by atoms with Gasteiger partial charge in [0.15, 0.2) is 0 Å². The molecular formula is C20H22FN5O. The fourth-order valence-electron chi connectivity index (χ4n) is 2.74. The summed E-state index contributed by atoms with van der Waals surface area (Å²) in [4.78, 5) is 18.9. The summed E-state index contributed by atoms with van der Waals surface area (Å²) in [6, 6.07) is 11.5. The number of aromatic nitrogens is 3. The van der Waals surface area contributed by atoms with Crippen LogP contribution in [0.2, 0.25) is 0 Å². The number of aromatic amines is 1. The molecule has 0 radical (unpaired) electrons. The van der Waals surface area contributed by atoms with Gasteiger partial charge in [-0.2, -0.15) is 5.10 Å². The summed E-state index contributed by atoms with van der Waals surface area (Å²) in [6.45, 7) is 6.34. The molecule has 0 atom stereocenters. The number of benzene rings is 1. The van der Waals surface area contributed by atoms with E-state index >= 15 is 0 Å². The second kappa shape index (κ2) is 8.44. The number of halogens is 1. The van der Waals surface area contributed by atoms with Gasteiger partial charge in [-0.25, -0.2) is 9.37 Å². The van der Waals surface area contributed by atoms with Crippen LogP contribution in [0.1, 0.15) is 29.9 Å². The predicted octanol–water partition coefficient (Wildman–Crippen LogP) is 3.39. The summed E-state index contributed by atoms with van der Waals surface area (Å²) in [5.41, 5.74) is 2.59. The van der Waals surface area contributed by atoms with E-state index in [2.05, 4.69) is 39.2 Å². The first-order chi connectivity index (χ1) is 13.1. The van der Waals surface area contributed by atoms with E-state index in [1.807, 2.05) is 12.1 Å². The largest absolute Gasteiger partial charge is 0.357 e. The average Bonchev–Trinajstić information content (AvgIpc) is 3.19. The van der Waals surface area contributed by atoms with Gasteiger partial charge < -0.3 is 10.2 Å². The highest BCUT2D eigenvalue weighted by molar-refractivity contribution is 5.93. The Kier molecular flexibility index (Phi) is 5.80. The van der Waals surface area contributed by atoms with Gasteiger partial charge in [0.1, 0.15) is 17.3 Å². The summed E-state index contributed by atoms with van der Waals surface area (Å²) >= 11 is 0. The fraction of sp³-hybridized carbons (Fsp3) is 0.250. The maximum Gasteiger partial charge on any atom is 0.269 e. The van der Waals surface area contributed by atoms with Crippen molar-refractivity contribution in [2.45, 2.75) is 20.4 Å². The maximum atomic E-state index is 13.0. The Hall–Kier alpha value is -3.22. The molecule has 0 aliphatic heterocycles. The molecule has 2 N–H and O–H groups in total. The molecule has 0 aliphatic carbocycles. The van der Waals surface area contributed by atoms with Crippen molar-refractivity contribution >= 4 is 11.7 Å². The predicted molar refractivity (Wildman–Crippen MR) is 103 cm³/mol. The highest BCUT2D eigenvalue weighted by Gasteiger charge is 2.11. The van der Waals surface area contributed by atoms with Crippen LogP contribution in [0.25, 0.3) is 11.3 Å². The van der Waals surface area contributed by atoms with Crippen LogP contribution < -0.4 is 10.2 Å². The Bertz CT molecular complexity index is 885. The van der Waals surface area contributed by atoms with Crippen molar-refractivity contribution in [1.82, 2.24) is 20.5 Å². The van der Waals surface area contributed by atoms with E-state index in [1.165, 1.54) is 12.1 Å². The number of rotatable bonds is 7. The van der Waals surface area contributed by atoms with Gasteiger partial charge in [-0.05, 0) is 55.8 Å². The Morgan fingerprint density at radius 1 is 1.15 bits per heavy atom. The number of nitrogens with one attached hydrogen (secondary N) is 2. The van der Waals surface area contributed by atoms with Crippen molar-refractivity contribution in [2.75, 3.05) is 18.0 Å². The van der Waals surface area contributed by atoms with Gasteiger partial charge in [-0.1, -0.05) is 6.07 Å².